The fourth-order valence-corrected chi connectivity index (χ4v) is 4.29. The molecule has 3 N–H and O–H groups in total. The molecule has 0 saturated carbocycles. The van der Waals surface area contributed by atoms with Crippen LogP contribution >= 0.6 is 12.2 Å². The monoisotopic (exact) mass is 439 g/mol. The predicted octanol–water partition coefficient (Wildman–Crippen LogP) is 3.58. The normalized spacial score (nSPS) is 19.1. The van der Waals surface area contributed by atoms with Crippen LogP contribution in [-0.2, 0) is 22.6 Å². The number of alkyl carbamates (subject to hydrolysis) is 1. The van der Waals surface area contributed by atoms with Crippen molar-refractivity contribution in [1.82, 2.24) is 10.2 Å². The van der Waals surface area contributed by atoms with Crippen molar-refractivity contribution < 1.29 is 14.3 Å². The summed E-state index contributed by atoms with van der Waals surface area (Å²) in [7, 11) is 0. The standard InChI is InChI=1S/C24H29N3O3S/c1-2-9-20(21(25)31)27-15-14-24(22(27)28,16-18-10-5-3-6-11-18)26-23(29)30-17-19-12-7-4-8-13-19/h3-8,10-13,20H,2,9,14-17H2,1H3,(H2,25,31)(H,26,29)/t20-,24+/m0/s1. The van der Waals surface area contributed by atoms with Gasteiger partial charge >= 0.3 is 6.09 Å². The summed E-state index contributed by atoms with van der Waals surface area (Å²) >= 11 is 5.23. The van der Waals surface area contributed by atoms with Crippen LogP contribution in [0.3, 0.4) is 0 Å². The Bertz CT molecular complexity index is 907. The van der Waals surface area contributed by atoms with Crippen molar-refractivity contribution in [2.75, 3.05) is 6.54 Å². The van der Waals surface area contributed by atoms with Gasteiger partial charge in [-0.25, -0.2) is 4.79 Å². The van der Waals surface area contributed by atoms with E-state index in [9.17, 15) is 9.59 Å². The van der Waals surface area contributed by atoms with Crippen molar-refractivity contribution in [3.05, 3.63) is 71.8 Å². The third-order valence-electron chi connectivity index (χ3n) is 5.62. The van der Waals surface area contributed by atoms with E-state index in [0.717, 1.165) is 17.5 Å². The molecule has 2 atom stereocenters. The third kappa shape index (κ3) is 5.61. The summed E-state index contributed by atoms with van der Waals surface area (Å²) in [5.74, 6) is -0.167. The van der Waals surface area contributed by atoms with Gasteiger partial charge in [0.1, 0.15) is 12.1 Å². The maximum Gasteiger partial charge on any atom is 0.408 e. The molecule has 0 radical (unpaired) electrons. The molecule has 0 spiro atoms. The smallest absolute Gasteiger partial charge is 0.408 e. The van der Waals surface area contributed by atoms with E-state index in [-0.39, 0.29) is 18.6 Å². The average molecular weight is 440 g/mol. The van der Waals surface area contributed by atoms with Gasteiger partial charge in [0.15, 0.2) is 0 Å². The van der Waals surface area contributed by atoms with Crippen LogP contribution in [0.2, 0.25) is 0 Å². The summed E-state index contributed by atoms with van der Waals surface area (Å²) in [4.78, 5) is 28.3. The highest BCUT2D eigenvalue weighted by molar-refractivity contribution is 7.80. The topological polar surface area (TPSA) is 84.7 Å². The second kappa shape index (κ2) is 10.4. The van der Waals surface area contributed by atoms with Crippen molar-refractivity contribution in [2.24, 2.45) is 5.73 Å². The lowest BCUT2D eigenvalue weighted by Crippen LogP contribution is -2.57. The van der Waals surface area contributed by atoms with Crippen LogP contribution in [0.15, 0.2) is 60.7 Å². The highest BCUT2D eigenvalue weighted by atomic mass is 32.1. The molecule has 164 valence electrons. The van der Waals surface area contributed by atoms with E-state index >= 15 is 0 Å². The molecule has 1 fully saturated rings. The van der Waals surface area contributed by atoms with Crippen LogP contribution in [0.5, 0.6) is 0 Å². The number of hydrogen-bond acceptors (Lipinski definition) is 4. The van der Waals surface area contributed by atoms with Gasteiger partial charge in [0.2, 0.25) is 5.91 Å². The van der Waals surface area contributed by atoms with E-state index in [1.807, 2.05) is 67.6 Å². The van der Waals surface area contributed by atoms with Gasteiger partial charge in [0.05, 0.1) is 11.0 Å². The Hall–Kier alpha value is -2.93. The maximum absolute atomic E-state index is 13.6. The summed E-state index contributed by atoms with van der Waals surface area (Å²) in [5, 5.41) is 2.89. The Labute approximate surface area is 188 Å². The van der Waals surface area contributed by atoms with Crippen LogP contribution < -0.4 is 11.1 Å². The molecule has 0 unspecified atom stereocenters. The average Bonchev–Trinajstić information content (AvgIpc) is 3.07. The Morgan fingerprint density at radius 1 is 1.16 bits per heavy atom. The summed E-state index contributed by atoms with van der Waals surface area (Å²) in [6, 6.07) is 18.8. The van der Waals surface area contributed by atoms with Gasteiger partial charge in [-0.3, -0.25) is 4.79 Å². The third-order valence-corrected chi connectivity index (χ3v) is 5.89. The molecule has 1 heterocycles. The van der Waals surface area contributed by atoms with Gasteiger partial charge in [-0.1, -0.05) is 86.2 Å². The number of amides is 2. The van der Waals surface area contributed by atoms with Gasteiger partial charge in [-0.2, -0.15) is 0 Å². The van der Waals surface area contributed by atoms with Gasteiger partial charge < -0.3 is 20.7 Å². The van der Waals surface area contributed by atoms with Crippen LogP contribution in [0.4, 0.5) is 4.79 Å². The van der Waals surface area contributed by atoms with E-state index in [0.29, 0.717) is 30.8 Å². The number of carbonyl (C=O) groups is 2. The van der Waals surface area contributed by atoms with E-state index in [4.69, 9.17) is 22.7 Å². The molecular weight excluding hydrogens is 410 g/mol. The molecule has 6 nitrogen and oxygen atoms in total. The van der Waals surface area contributed by atoms with Gasteiger partial charge in [0.25, 0.3) is 0 Å². The lowest BCUT2D eigenvalue weighted by atomic mass is 9.89. The lowest BCUT2D eigenvalue weighted by molar-refractivity contribution is -0.134. The molecule has 2 amide bonds. The van der Waals surface area contributed by atoms with Crippen LogP contribution in [-0.4, -0.2) is 40.0 Å². The number of nitrogens with zero attached hydrogens (tertiary/aromatic N) is 1. The molecule has 0 aliphatic carbocycles. The minimum absolute atomic E-state index is 0.136. The highest BCUT2D eigenvalue weighted by Gasteiger charge is 2.50. The molecule has 2 aromatic carbocycles. The first-order valence-corrected chi connectivity index (χ1v) is 11.0. The van der Waals surface area contributed by atoms with Crippen LogP contribution in [0.1, 0.15) is 37.3 Å². The van der Waals surface area contributed by atoms with Gasteiger partial charge in [-0.05, 0) is 24.0 Å². The molecule has 0 aromatic heterocycles. The first-order valence-electron chi connectivity index (χ1n) is 10.6. The first kappa shape index (κ1) is 22.7. The molecule has 1 aliphatic rings. The summed E-state index contributed by atoms with van der Waals surface area (Å²) in [6.07, 6.45) is 1.77. The maximum atomic E-state index is 13.6. The molecule has 3 rings (SSSR count). The lowest BCUT2D eigenvalue weighted by Gasteiger charge is -2.32. The van der Waals surface area contributed by atoms with E-state index < -0.39 is 11.6 Å². The number of likely N-dealkylation sites (tertiary alicyclic amines) is 1. The summed E-state index contributed by atoms with van der Waals surface area (Å²) in [5.41, 5.74) is 6.70. The number of benzene rings is 2. The Morgan fingerprint density at radius 2 is 1.77 bits per heavy atom. The fraction of sp³-hybridized carbons (Fsp3) is 0.375. The van der Waals surface area contributed by atoms with Gasteiger partial charge in [-0.15, -0.1) is 0 Å². The summed E-state index contributed by atoms with van der Waals surface area (Å²) in [6.45, 7) is 2.65. The van der Waals surface area contributed by atoms with E-state index in [1.54, 1.807) is 4.90 Å². The molecule has 1 saturated heterocycles. The molecule has 0 bridgehead atoms. The number of carbonyl (C=O) groups excluding carboxylic acids is 2. The molecule has 1 aliphatic heterocycles. The SMILES string of the molecule is CCC[C@@H](C(N)=S)N1CC[C@](Cc2ccccc2)(NC(=O)OCc2ccccc2)C1=O. The second-order valence-corrected chi connectivity index (χ2v) is 8.36. The Morgan fingerprint density at radius 3 is 2.35 bits per heavy atom. The number of thiocarbonyl (C=S) groups is 1. The van der Waals surface area contributed by atoms with Crippen molar-refractivity contribution in [2.45, 2.75) is 50.8 Å². The molecular formula is C24H29N3O3S. The van der Waals surface area contributed by atoms with Crippen LogP contribution in [0.25, 0.3) is 0 Å². The molecule has 2 aromatic rings. The largest absolute Gasteiger partial charge is 0.445 e. The van der Waals surface area contributed by atoms with E-state index in [2.05, 4.69) is 5.32 Å². The number of nitrogens with one attached hydrogen (secondary N) is 1. The second-order valence-electron chi connectivity index (χ2n) is 7.89. The number of rotatable bonds is 9. The van der Waals surface area contributed by atoms with Gasteiger partial charge in [0, 0.05) is 13.0 Å². The van der Waals surface area contributed by atoms with Crippen molar-refractivity contribution in [1.29, 1.82) is 0 Å². The fourth-order valence-electron chi connectivity index (χ4n) is 4.04. The Kier molecular flexibility index (Phi) is 7.63. The number of hydrogen-bond donors (Lipinski definition) is 2. The minimum Gasteiger partial charge on any atom is -0.445 e. The van der Waals surface area contributed by atoms with Crippen molar-refractivity contribution in [3.63, 3.8) is 0 Å². The predicted molar refractivity (Wildman–Crippen MR) is 124 cm³/mol. The highest BCUT2D eigenvalue weighted by Crippen LogP contribution is 2.30. The quantitative estimate of drug-likeness (QED) is 0.584. The number of ether oxygens (including phenoxy) is 1. The molecule has 7 heteroatoms. The minimum atomic E-state index is -1.09. The van der Waals surface area contributed by atoms with Crippen molar-refractivity contribution >= 4 is 29.2 Å². The van der Waals surface area contributed by atoms with Crippen molar-refractivity contribution in [3.8, 4) is 0 Å². The zero-order valence-electron chi connectivity index (χ0n) is 17.8. The zero-order chi connectivity index (χ0) is 22.3. The number of nitrogens with two attached hydrogens (primary N) is 1. The van der Waals surface area contributed by atoms with E-state index in [1.165, 1.54) is 0 Å². The molecule has 31 heavy (non-hydrogen) atoms. The first-order chi connectivity index (χ1) is 14.9. The zero-order valence-corrected chi connectivity index (χ0v) is 18.6. The Balaban J connectivity index is 1.79. The summed E-state index contributed by atoms with van der Waals surface area (Å²) < 4.78 is 5.42. The van der Waals surface area contributed by atoms with Crippen LogP contribution in [0, 0.1) is 0 Å².